The number of benzene rings is 5. The highest BCUT2D eigenvalue weighted by molar-refractivity contribution is 7.89. The van der Waals surface area contributed by atoms with Crippen molar-refractivity contribution >= 4 is 15.9 Å². The van der Waals surface area contributed by atoms with Gasteiger partial charge >= 0.3 is 0 Å². The lowest BCUT2D eigenvalue weighted by atomic mass is 9.85. The van der Waals surface area contributed by atoms with Crippen molar-refractivity contribution in [3.05, 3.63) is 154 Å². The smallest absolute Gasteiger partial charge is 0.244 e. The molecule has 1 N–H and O–H groups in total. The molecule has 6 rings (SSSR count). The molecule has 1 aliphatic rings. The van der Waals surface area contributed by atoms with Crippen molar-refractivity contribution in [3.63, 3.8) is 0 Å². The summed E-state index contributed by atoms with van der Waals surface area (Å²) in [7, 11) is 0.347. The quantitative estimate of drug-likeness (QED) is 0.108. The molecule has 9 heteroatoms. The number of rotatable bonds is 16. The Labute approximate surface area is 326 Å². The van der Waals surface area contributed by atoms with Gasteiger partial charge in [0.25, 0.3) is 0 Å². The number of methoxy groups -OCH3 is 3. The molecule has 55 heavy (non-hydrogen) atoms. The Bertz CT molecular complexity index is 2110. The molecular weight excluding hydrogens is 709 g/mol. The van der Waals surface area contributed by atoms with Crippen LogP contribution < -0.4 is 19.5 Å². The van der Waals surface area contributed by atoms with Crippen molar-refractivity contribution < 1.29 is 27.4 Å². The first-order chi connectivity index (χ1) is 26.6. The molecule has 8 nitrogen and oxygen atoms in total. The summed E-state index contributed by atoms with van der Waals surface area (Å²) in [6.45, 7) is 3.77. The number of carbonyl (C=O) groups is 1. The SMILES string of the molecule is COc1cc2c(cc1OC)[C@H](c1ccccc1)N(S(=O)(=O)c1cc(C)c(C)c(OC)c1)[C@H](C(=O)NC(CCCc1ccccc1)CCCc1ccccc1)C2. The zero-order chi connectivity index (χ0) is 39.0. The lowest BCUT2D eigenvalue weighted by molar-refractivity contribution is -0.126. The van der Waals surface area contributed by atoms with Crippen LogP contribution >= 0.6 is 0 Å². The van der Waals surface area contributed by atoms with Gasteiger partial charge in [0.1, 0.15) is 11.8 Å². The summed E-state index contributed by atoms with van der Waals surface area (Å²) >= 11 is 0. The van der Waals surface area contributed by atoms with Crippen molar-refractivity contribution in [2.24, 2.45) is 0 Å². The molecule has 1 amide bonds. The molecule has 0 saturated carbocycles. The maximum Gasteiger partial charge on any atom is 0.244 e. The number of hydrogen-bond acceptors (Lipinski definition) is 6. The first-order valence-electron chi connectivity index (χ1n) is 19.0. The van der Waals surface area contributed by atoms with Crippen LogP contribution in [0.25, 0.3) is 0 Å². The van der Waals surface area contributed by atoms with E-state index in [9.17, 15) is 4.79 Å². The van der Waals surface area contributed by atoms with Gasteiger partial charge in [0.15, 0.2) is 11.5 Å². The van der Waals surface area contributed by atoms with Crippen LogP contribution in [0, 0.1) is 13.8 Å². The van der Waals surface area contributed by atoms with Crippen LogP contribution in [0.3, 0.4) is 0 Å². The maximum atomic E-state index is 15.3. The molecule has 0 unspecified atom stereocenters. The van der Waals surface area contributed by atoms with Crippen molar-refractivity contribution in [1.29, 1.82) is 0 Å². The summed E-state index contributed by atoms with van der Waals surface area (Å²) in [5, 5.41) is 3.38. The van der Waals surface area contributed by atoms with Gasteiger partial charge in [-0.05, 0) is 116 Å². The van der Waals surface area contributed by atoms with Crippen LogP contribution in [-0.4, -0.2) is 52.0 Å². The Morgan fingerprint density at radius 3 is 1.80 bits per heavy atom. The fourth-order valence-corrected chi connectivity index (χ4v) is 9.56. The number of sulfonamides is 1. The van der Waals surface area contributed by atoms with Crippen LogP contribution in [0.15, 0.2) is 120 Å². The molecule has 0 bridgehead atoms. The summed E-state index contributed by atoms with van der Waals surface area (Å²) in [4.78, 5) is 15.0. The number of hydrogen-bond donors (Lipinski definition) is 1. The molecule has 1 aliphatic heterocycles. The highest BCUT2D eigenvalue weighted by Crippen LogP contribution is 2.46. The van der Waals surface area contributed by atoms with Crippen molar-refractivity contribution in [2.45, 2.75) is 81.8 Å². The Morgan fingerprint density at radius 1 is 0.727 bits per heavy atom. The average molecular weight is 761 g/mol. The van der Waals surface area contributed by atoms with E-state index in [-0.39, 0.29) is 23.3 Å². The van der Waals surface area contributed by atoms with Crippen molar-refractivity contribution in [3.8, 4) is 17.2 Å². The van der Waals surface area contributed by atoms with Gasteiger partial charge in [-0.1, -0.05) is 91.0 Å². The standard InChI is InChI=1S/C46H52N2O6S/c1-32-27-39(30-42(52-3)33(32)2)55(50,51)48-41(28-37-29-43(53-4)44(54-5)31-40(37)45(48)36-23-13-8-14-24-36)46(49)47-38(25-15-21-34-17-9-6-10-18-34)26-16-22-35-19-11-7-12-20-35/h6-14,17-20,23-24,27,29-31,38,41,45H,15-16,21-22,25-26,28H2,1-5H3,(H,47,49)/t41-,45-/m0/s1. The number of amides is 1. The second-order valence-corrected chi connectivity index (χ2v) is 16.1. The van der Waals surface area contributed by atoms with Gasteiger partial charge in [0.05, 0.1) is 32.3 Å². The Morgan fingerprint density at radius 2 is 1.25 bits per heavy atom. The summed E-state index contributed by atoms with van der Waals surface area (Å²) in [5.74, 6) is 1.14. The van der Waals surface area contributed by atoms with E-state index in [0.29, 0.717) is 17.2 Å². The fraction of sp³-hybridized carbons (Fsp3) is 0.326. The predicted molar refractivity (Wildman–Crippen MR) is 218 cm³/mol. The number of nitrogens with one attached hydrogen (secondary N) is 1. The molecule has 5 aromatic rings. The summed E-state index contributed by atoms with van der Waals surface area (Å²) < 4.78 is 49.1. The molecule has 0 aliphatic carbocycles. The Balaban J connectivity index is 1.42. The lowest BCUT2D eigenvalue weighted by Gasteiger charge is -2.42. The van der Waals surface area contributed by atoms with Crippen LogP contribution in [0.4, 0.5) is 0 Å². The average Bonchev–Trinajstić information content (AvgIpc) is 3.21. The molecule has 1 heterocycles. The molecule has 2 atom stereocenters. The fourth-order valence-electron chi connectivity index (χ4n) is 7.72. The van der Waals surface area contributed by atoms with Crippen LogP contribution in [-0.2, 0) is 34.1 Å². The van der Waals surface area contributed by atoms with E-state index < -0.39 is 22.1 Å². The van der Waals surface area contributed by atoms with E-state index in [1.54, 1.807) is 26.4 Å². The van der Waals surface area contributed by atoms with Crippen molar-refractivity contribution in [2.75, 3.05) is 21.3 Å². The minimum atomic E-state index is -4.32. The van der Waals surface area contributed by atoms with Gasteiger partial charge < -0.3 is 19.5 Å². The molecule has 5 aromatic carbocycles. The highest BCUT2D eigenvalue weighted by Gasteiger charge is 2.47. The number of fused-ring (bicyclic) bond motifs is 1. The topological polar surface area (TPSA) is 94.2 Å². The van der Waals surface area contributed by atoms with Crippen LogP contribution in [0.2, 0.25) is 0 Å². The van der Waals surface area contributed by atoms with E-state index in [2.05, 4.69) is 29.6 Å². The number of aryl methyl sites for hydroxylation is 3. The first kappa shape index (κ1) is 39.6. The predicted octanol–water partition coefficient (Wildman–Crippen LogP) is 8.56. The molecule has 0 fully saturated rings. The normalized spacial score (nSPS) is 15.7. The van der Waals surface area contributed by atoms with E-state index >= 15 is 8.42 Å². The molecule has 0 aromatic heterocycles. The van der Waals surface area contributed by atoms with Gasteiger partial charge in [0, 0.05) is 12.1 Å². The lowest BCUT2D eigenvalue weighted by Crippen LogP contribution is -2.56. The molecule has 0 saturated heterocycles. The molecule has 288 valence electrons. The monoisotopic (exact) mass is 760 g/mol. The maximum absolute atomic E-state index is 15.3. The largest absolute Gasteiger partial charge is 0.496 e. The zero-order valence-electron chi connectivity index (χ0n) is 32.5. The molecule has 0 radical (unpaired) electrons. The van der Waals surface area contributed by atoms with Gasteiger partial charge in [0.2, 0.25) is 15.9 Å². The second-order valence-electron chi connectivity index (χ2n) is 14.3. The van der Waals surface area contributed by atoms with Gasteiger partial charge in [-0.25, -0.2) is 8.42 Å². The van der Waals surface area contributed by atoms with Gasteiger partial charge in [-0.2, -0.15) is 4.31 Å². The third-order valence-electron chi connectivity index (χ3n) is 10.8. The van der Waals surface area contributed by atoms with E-state index in [0.717, 1.165) is 66.3 Å². The minimum Gasteiger partial charge on any atom is -0.496 e. The zero-order valence-corrected chi connectivity index (χ0v) is 33.3. The Hall–Kier alpha value is -5.12. The molecular formula is C46H52N2O6S. The van der Waals surface area contributed by atoms with E-state index in [4.69, 9.17) is 14.2 Å². The number of ether oxygens (including phenoxy) is 3. The highest BCUT2D eigenvalue weighted by atomic mass is 32.2. The first-order valence-corrected chi connectivity index (χ1v) is 20.4. The van der Waals surface area contributed by atoms with Gasteiger partial charge in [-0.15, -0.1) is 0 Å². The summed E-state index contributed by atoms with van der Waals surface area (Å²) in [6.07, 6.45) is 5.18. The number of carbonyl (C=O) groups excluding carboxylic acids is 1. The number of nitrogens with zero attached hydrogens (tertiary/aromatic N) is 1. The van der Waals surface area contributed by atoms with Gasteiger partial charge in [-0.3, -0.25) is 4.79 Å². The van der Waals surface area contributed by atoms with Crippen LogP contribution in [0.1, 0.15) is 70.7 Å². The van der Waals surface area contributed by atoms with E-state index in [1.807, 2.05) is 92.7 Å². The third kappa shape index (κ3) is 9.06. The van der Waals surface area contributed by atoms with Crippen molar-refractivity contribution in [1.82, 2.24) is 9.62 Å². The summed E-state index contributed by atoms with van der Waals surface area (Å²) in [6, 6.07) is 35.1. The third-order valence-corrected chi connectivity index (χ3v) is 12.6. The minimum absolute atomic E-state index is 0.0670. The Kier molecular flexibility index (Phi) is 13.0. The van der Waals surface area contributed by atoms with E-state index in [1.165, 1.54) is 22.5 Å². The molecule has 0 spiro atoms. The summed E-state index contributed by atoms with van der Waals surface area (Å²) in [5.41, 5.74) is 6.40. The second kappa shape index (κ2) is 18.0. The van der Waals surface area contributed by atoms with Crippen LogP contribution in [0.5, 0.6) is 17.2 Å².